The topological polar surface area (TPSA) is 59.8 Å². The van der Waals surface area contributed by atoms with E-state index in [4.69, 9.17) is 16.7 Å². The summed E-state index contributed by atoms with van der Waals surface area (Å²) in [5, 5.41) is 8.30. The van der Waals surface area contributed by atoms with Crippen LogP contribution in [-0.2, 0) is 6.54 Å². The van der Waals surface area contributed by atoms with E-state index in [1.54, 1.807) is 23.1 Å². The van der Waals surface area contributed by atoms with Crippen molar-refractivity contribution in [2.45, 2.75) is 20.4 Å². The number of amides is 1. The van der Waals surface area contributed by atoms with Crippen molar-refractivity contribution in [1.82, 2.24) is 20.1 Å². The number of carbonyl (C=O) groups is 1. The molecule has 0 radical (unpaired) electrons. The minimum Gasteiger partial charge on any atom is -0.347 e. The van der Waals surface area contributed by atoms with Gasteiger partial charge in [0.2, 0.25) is 0 Å². The molecule has 0 aliphatic rings. The van der Waals surface area contributed by atoms with Crippen molar-refractivity contribution >= 4 is 17.5 Å². The molecule has 5 nitrogen and oxygen atoms in total. The van der Waals surface area contributed by atoms with Crippen LogP contribution in [0.25, 0.3) is 16.9 Å². The Bertz CT molecular complexity index is 1200. The second kappa shape index (κ2) is 8.51. The molecule has 2 aromatic carbocycles. The number of hydrogen-bond donors (Lipinski definition) is 1. The first-order valence-electron chi connectivity index (χ1n) is 9.62. The number of pyridine rings is 1. The molecule has 4 rings (SSSR count). The third-order valence-electron chi connectivity index (χ3n) is 4.86. The number of benzene rings is 2. The van der Waals surface area contributed by atoms with E-state index in [-0.39, 0.29) is 5.91 Å². The van der Waals surface area contributed by atoms with Gasteiger partial charge in [-0.15, -0.1) is 0 Å². The molecule has 4 aromatic rings. The van der Waals surface area contributed by atoms with Gasteiger partial charge in [-0.1, -0.05) is 48.0 Å². The van der Waals surface area contributed by atoms with Crippen molar-refractivity contribution < 1.29 is 4.79 Å². The smallest absolute Gasteiger partial charge is 0.270 e. The van der Waals surface area contributed by atoms with Gasteiger partial charge in [0.25, 0.3) is 5.91 Å². The first-order chi connectivity index (χ1) is 14.5. The summed E-state index contributed by atoms with van der Waals surface area (Å²) in [5.74, 6) is -0.217. The zero-order valence-corrected chi connectivity index (χ0v) is 17.5. The second-order valence-electron chi connectivity index (χ2n) is 7.14. The maximum atomic E-state index is 13.1. The van der Waals surface area contributed by atoms with Gasteiger partial charge in [0.1, 0.15) is 5.69 Å². The van der Waals surface area contributed by atoms with Crippen LogP contribution in [0, 0.1) is 13.8 Å². The summed E-state index contributed by atoms with van der Waals surface area (Å²) < 4.78 is 1.69. The van der Waals surface area contributed by atoms with Crippen molar-refractivity contribution in [3.63, 3.8) is 0 Å². The fraction of sp³-hybridized carbons (Fsp3) is 0.125. The van der Waals surface area contributed by atoms with E-state index in [1.807, 2.05) is 68.4 Å². The first kappa shape index (κ1) is 19.9. The van der Waals surface area contributed by atoms with Gasteiger partial charge in [-0.2, -0.15) is 5.10 Å². The third-order valence-corrected chi connectivity index (χ3v) is 5.19. The van der Waals surface area contributed by atoms with Crippen LogP contribution in [0.1, 0.15) is 27.2 Å². The van der Waals surface area contributed by atoms with Crippen LogP contribution in [0.15, 0.2) is 73.1 Å². The Morgan fingerprint density at radius 3 is 2.67 bits per heavy atom. The third kappa shape index (κ3) is 4.11. The first-order valence-corrected chi connectivity index (χ1v) is 10.0. The van der Waals surface area contributed by atoms with Crippen molar-refractivity contribution in [1.29, 1.82) is 0 Å². The van der Waals surface area contributed by atoms with Gasteiger partial charge in [0, 0.05) is 24.5 Å². The Morgan fingerprint density at radius 2 is 1.90 bits per heavy atom. The van der Waals surface area contributed by atoms with Crippen molar-refractivity contribution in [2.24, 2.45) is 0 Å². The number of nitrogens with zero attached hydrogens (tertiary/aromatic N) is 3. The zero-order chi connectivity index (χ0) is 21.1. The summed E-state index contributed by atoms with van der Waals surface area (Å²) >= 11 is 6.39. The van der Waals surface area contributed by atoms with Crippen LogP contribution in [0.5, 0.6) is 0 Å². The highest BCUT2D eigenvalue weighted by atomic mass is 35.5. The molecule has 6 heteroatoms. The summed E-state index contributed by atoms with van der Waals surface area (Å²) in [6.45, 7) is 4.40. The Kier molecular flexibility index (Phi) is 5.63. The highest BCUT2D eigenvalue weighted by molar-refractivity contribution is 6.33. The van der Waals surface area contributed by atoms with Crippen LogP contribution in [0.4, 0.5) is 0 Å². The molecule has 0 saturated carbocycles. The number of halogens is 1. The molecule has 2 heterocycles. The quantitative estimate of drug-likeness (QED) is 0.490. The fourth-order valence-corrected chi connectivity index (χ4v) is 3.48. The Morgan fingerprint density at radius 1 is 1.07 bits per heavy atom. The number of carbonyl (C=O) groups excluding carboxylic acids is 1. The maximum absolute atomic E-state index is 13.1. The predicted molar refractivity (Wildman–Crippen MR) is 119 cm³/mol. The number of hydrogen-bond acceptors (Lipinski definition) is 3. The predicted octanol–water partition coefficient (Wildman–Crippen LogP) is 5.13. The van der Waals surface area contributed by atoms with E-state index < -0.39 is 0 Å². The normalized spacial score (nSPS) is 10.8. The van der Waals surface area contributed by atoms with Gasteiger partial charge in [-0.25, -0.2) is 4.68 Å². The molecule has 0 atom stereocenters. The molecule has 0 fully saturated rings. The highest BCUT2D eigenvalue weighted by Gasteiger charge is 2.19. The molecule has 2 aromatic heterocycles. The van der Waals surface area contributed by atoms with Gasteiger partial charge in [0.05, 0.1) is 16.4 Å². The van der Waals surface area contributed by atoms with Crippen LogP contribution in [0.3, 0.4) is 0 Å². The molecule has 1 N–H and O–H groups in total. The molecule has 0 aliphatic carbocycles. The molecule has 0 aliphatic heterocycles. The number of aromatic nitrogens is 3. The molecular weight excluding hydrogens is 396 g/mol. The minimum absolute atomic E-state index is 0.217. The van der Waals surface area contributed by atoms with Crippen molar-refractivity contribution in [3.8, 4) is 16.9 Å². The lowest BCUT2D eigenvalue weighted by Crippen LogP contribution is -2.25. The number of rotatable bonds is 5. The average Bonchev–Trinajstić information content (AvgIpc) is 3.20. The molecule has 0 bridgehead atoms. The minimum atomic E-state index is -0.217. The van der Waals surface area contributed by atoms with E-state index in [0.29, 0.717) is 23.0 Å². The van der Waals surface area contributed by atoms with Gasteiger partial charge in [-0.3, -0.25) is 9.78 Å². The van der Waals surface area contributed by atoms with Crippen LogP contribution < -0.4 is 5.32 Å². The standard InChI is InChI=1S/C24H21ClN4O/c1-16-9-10-17(2)22(12-16)29-23(24(30)27-15-18-6-5-11-26-14-18)13-21(28-29)19-7-3-4-8-20(19)25/h3-14H,15H2,1-2H3,(H,27,30). The fourth-order valence-electron chi connectivity index (χ4n) is 3.25. The van der Waals surface area contributed by atoms with E-state index in [2.05, 4.69) is 10.3 Å². The van der Waals surface area contributed by atoms with E-state index in [9.17, 15) is 4.79 Å². The SMILES string of the molecule is Cc1ccc(C)c(-n2nc(-c3ccccc3Cl)cc2C(=O)NCc2cccnc2)c1. The summed E-state index contributed by atoms with van der Waals surface area (Å²) in [7, 11) is 0. The Labute approximate surface area is 180 Å². The van der Waals surface area contributed by atoms with Gasteiger partial charge < -0.3 is 5.32 Å². The summed E-state index contributed by atoms with van der Waals surface area (Å²) in [5.41, 5.74) is 5.78. The molecule has 30 heavy (non-hydrogen) atoms. The van der Waals surface area contributed by atoms with Crippen LogP contribution in [0.2, 0.25) is 5.02 Å². The molecule has 0 saturated heterocycles. The maximum Gasteiger partial charge on any atom is 0.270 e. The Hall–Kier alpha value is -3.44. The number of nitrogens with one attached hydrogen (secondary N) is 1. The summed E-state index contributed by atoms with van der Waals surface area (Å²) in [6.07, 6.45) is 3.44. The average molecular weight is 417 g/mol. The van der Waals surface area contributed by atoms with Gasteiger partial charge in [0.15, 0.2) is 0 Å². The lowest BCUT2D eigenvalue weighted by molar-refractivity contribution is 0.0943. The zero-order valence-electron chi connectivity index (χ0n) is 16.8. The van der Waals surface area contributed by atoms with Gasteiger partial charge in [-0.05, 0) is 54.8 Å². The lowest BCUT2D eigenvalue weighted by Gasteiger charge is -2.11. The molecule has 1 amide bonds. The highest BCUT2D eigenvalue weighted by Crippen LogP contribution is 2.29. The van der Waals surface area contributed by atoms with Crippen LogP contribution >= 0.6 is 11.6 Å². The number of aryl methyl sites for hydroxylation is 2. The van der Waals surface area contributed by atoms with E-state index in [1.165, 1.54) is 0 Å². The molecular formula is C24H21ClN4O. The summed E-state index contributed by atoms with van der Waals surface area (Å²) in [4.78, 5) is 17.2. The molecule has 0 unspecified atom stereocenters. The Balaban J connectivity index is 1.76. The summed E-state index contributed by atoms with van der Waals surface area (Å²) in [6, 6.07) is 19.1. The monoisotopic (exact) mass is 416 g/mol. The molecule has 150 valence electrons. The van der Waals surface area contributed by atoms with Crippen LogP contribution in [-0.4, -0.2) is 20.7 Å². The molecule has 0 spiro atoms. The van der Waals surface area contributed by atoms with E-state index >= 15 is 0 Å². The lowest BCUT2D eigenvalue weighted by atomic mass is 10.1. The second-order valence-corrected chi connectivity index (χ2v) is 7.55. The van der Waals surface area contributed by atoms with E-state index in [0.717, 1.165) is 27.9 Å². The van der Waals surface area contributed by atoms with Crippen molar-refractivity contribution in [3.05, 3.63) is 100 Å². The van der Waals surface area contributed by atoms with Gasteiger partial charge >= 0.3 is 0 Å². The van der Waals surface area contributed by atoms with Crippen molar-refractivity contribution in [2.75, 3.05) is 0 Å². The largest absolute Gasteiger partial charge is 0.347 e.